The van der Waals surface area contributed by atoms with Crippen LogP contribution >= 0.6 is 67.8 Å². The second-order valence-corrected chi connectivity index (χ2v) is 12.8. The molecule has 1 aromatic rings. The van der Waals surface area contributed by atoms with Crippen molar-refractivity contribution < 1.29 is 0 Å². The van der Waals surface area contributed by atoms with Crippen LogP contribution in [0.15, 0.2) is 24.3 Å². The van der Waals surface area contributed by atoms with Gasteiger partial charge in [0.25, 0.3) is 0 Å². The molecular formula is C7H4I3. The number of benzene rings is 1. The lowest BCUT2D eigenvalue weighted by atomic mass is 10.2. The Morgan fingerprint density at radius 2 is 1.60 bits per heavy atom. The van der Waals surface area contributed by atoms with E-state index in [2.05, 4.69) is 86.0 Å². The minimum atomic E-state index is 0.183. The number of rotatable bonds is 1. The van der Waals surface area contributed by atoms with Crippen LogP contribution in [-0.2, 0) is -0.565 Å². The Balaban J connectivity index is 2.97. The molecule has 0 aliphatic rings. The zero-order valence-corrected chi connectivity index (χ0v) is 11.4. The van der Waals surface area contributed by atoms with Crippen LogP contribution in [-0.4, -0.2) is 0 Å². The van der Waals surface area contributed by atoms with Crippen molar-refractivity contribution in [1.29, 1.82) is 0 Å². The quantitative estimate of drug-likeness (QED) is 0.433. The number of halogens is 3. The van der Waals surface area contributed by atoms with Crippen molar-refractivity contribution in [1.82, 2.24) is 0 Å². The van der Waals surface area contributed by atoms with Crippen LogP contribution < -0.4 is 0 Å². The third kappa shape index (κ3) is 2.80. The highest BCUT2D eigenvalue weighted by atomic mass is 127. The van der Waals surface area contributed by atoms with Gasteiger partial charge >= 0.3 is 0 Å². The van der Waals surface area contributed by atoms with Gasteiger partial charge in [0.1, 0.15) is -0.565 Å². The van der Waals surface area contributed by atoms with Gasteiger partial charge in [0.2, 0.25) is 0 Å². The fraction of sp³-hybridized carbons (Fsp3) is 0.143. The molecule has 1 rings (SSSR count). The lowest BCUT2D eigenvalue weighted by Crippen LogP contribution is -1.94. The first-order valence-electron chi connectivity index (χ1n) is 2.64. The largest absolute Gasteiger partial charge is 0.149 e. The molecule has 10 heavy (non-hydrogen) atoms. The van der Waals surface area contributed by atoms with Crippen molar-refractivity contribution in [3.05, 3.63) is 35.9 Å². The highest BCUT2D eigenvalue weighted by Crippen LogP contribution is 2.45. The Bertz CT molecular complexity index is 200. The van der Waals surface area contributed by atoms with E-state index in [0.29, 0.717) is 0 Å². The van der Waals surface area contributed by atoms with E-state index in [9.17, 15) is 0 Å². The third-order valence-electron chi connectivity index (χ3n) is 1.05. The van der Waals surface area contributed by atoms with Crippen molar-refractivity contribution in [2.75, 3.05) is 0 Å². The first-order chi connectivity index (χ1) is 4.61. The minimum Gasteiger partial charge on any atom is -0.0555 e. The molecule has 3 heteroatoms. The predicted molar refractivity (Wildman–Crippen MR) is 69.0 cm³/mol. The van der Waals surface area contributed by atoms with Gasteiger partial charge in [-0.1, -0.05) is 24.3 Å². The molecule has 0 nitrogen and oxygen atoms in total. The van der Waals surface area contributed by atoms with E-state index in [1.54, 1.807) is 0 Å². The highest BCUT2D eigenvalue weighted by Gasteiger charge is 2.18. The van der Waals surface area contributed by atoms with Gasteiger partial charge in [-0.05, 0) is 79.4 Å². The summed E-state index contributed by atoms with van der Waals surface area (Å²) < 4.78 is 0.183. The lowest BCUT2D eigenvalue weighted by molar-refractivity contribution is 1.43. The van der Waals surface area contributed by atoms with Gasteiger partial charge in [0, 0.05) is 0 Å². The van der Waals surface area contributed by atoms with Crippen molar-refractivity contribution in [2.45, 2.75) is -0.565 Å². The number of hydrogen-bond acceptors (Lipinski definition) is 0. The van der Waals surface area contributed by atoms with Crippen molar-refractivity contribution in [3.8, 4) is 0 Å². The van der Waals surface area contributed by atoms with Crippen LogP contribution in [0.25, 0.3) is 0 Å². The van der Waals surface area contributed by atoms with E-state index >= 15 is 0 Å². The highest BCUT2D eigenvalue weighted by molar-refractivity contribution is 14.3. The molecule has 0 saturated carbocycles. The smallest absolute Gasteiger partial charge is 0.0555 e. The molecule has 0 fully saturated rings. The molecule has 1 aromatic carbocycles. The van der Waals surface area contributed by atoms with Gasteiger partial charge in [-0.15, -0.1) is 0 Å². The average molecular weight is 469 g/mol. The summed E-state index contributed by atoms with van der Waals surface area (Å²) in [5.74, 6) is 0. The summed E-state index contributed by atoms with van der Waals surface area (Å²) in [6, 6.07) is 11.1. The maximum atomic E-state index is 2.99. The molecule has 0 atom stereocenters. The number of hydrogen-bond donors (Lipinski definition) is 0. The summed E-state index contributed by atoms with van der Waals surface area (Å²) in [5, 5.41) is 0. The molecule has 0 heterocycles. The summed E-state index contributed by atoms with van der Waals surface area (Å²) in [6.07, 6.45) is 0. The Morgan fingerprint density at radius 3 is 1.90 bits per heavy atom. The van der Waals surface area contributed by atoms with Crippen LogP contribution in [0.4, 0.5) is 0 Å². The van der Waals surface area contributed by atoms with Crippen LogP contribution in [0.1, 0.15) is 5.56 Å². The summed E-state index contributed by atoms with van der Waals surface area (Å²) in [5.41, 5.74) is 1.33. The van der Waals surface area contributed by atoms with Crippen LogP contribution in [0.3, 0.4) is 0 Å². The molecule has 0 unspecified atom stereocenters. The fourth-order valence-electron chi connectivity index (χ4n) is 0.576. The molecule has 0 amide bonds. The molecule has 0 spiro atoms. The predicted octanol–water partition coefficient (Wildman–Crippen LogP) is 3.90. The molecule has 1 radical (unpaired) electrons. The maximum Gasteiger partial charge on any atom is 0.149 e. The van der Waals surface area contributed by atoms with Crippen molar-refractivity contribution in [3.63, 3.8) is 0 Å². The van der Waals surface area contributed by atoms with E-state index in [1.165, 1.54) is 5.56 Å². The first kappa shape index (κ1) is 9.50. The second-order valence-electron chi connectivity index (χ2n) is 1.79. The van der Waals surface area contributed by atoms with Gasteiger partial charge in [0.05, 0.1) is 0 Å². The van der Waals surface area contributed by atoms with E-state index in [-0.39, 0.29) is -0.565 Å². The minimum absolute atomic E-state index is 0.183. The Morgan fingerprint density at radius 1 is 1.10 bits per heavy atom. The Hall–Kier alpha value is 1.41. The SMILES string of the molecule is IC(I)(I)c1cc[c]cc1. The third-order valence-corrected chi connectivity index (χ3v) is 2.91. The normalized spacial score (nSPS) is 11.5. The van der Waals surface area contributed by atoms with Crippen LogP contribution in [0.2, 0.25) is 0 Å². The molecule has 0 saturated heterocycles. The summed E-state index contributed by atoms with van der Waals surface area (Å²) >= 11 is 7.21. The standard InChI is InChI=1S/C7H4I3/c8-7(9,10)6-4-2-1-3-5-6/h2-5H. The Labute approximate surface area is 102 Å². The topological polar surface area (TPSA) is 0 Å². The summed E-state index contributed by atoms with van der Waals surface area (Å²) in [7, 11) is 0. The average Bonchev–Trinajstić information content (AvgIpc) is 1.88. The molecular weight excluding hydrogens is 465 g/mol. The Kier molecular flexibility index (Phi) is 3.69. The van der Waals surface area contributed by atoms with Gasteiger partial charge in [-0.3, -0.25) is 0 Å². The first-order valence-corrected chi connectivity index (χ1v) is 5.87. The van der Waals surface area contributed by atoms with Crippen LogP contribution in [0.5, 0.6) is 0 Å². The molecule has 0 aromatic heterocycles. The fourth-order valence-corrected chi connectivity index (χ4v) is 1.65. The van der Waals surface area contributed by atoms with E-state index in [1.807, 2.05) is 12.1 Å². The molecule has 0 aliphatic heterocycles. The van der Waals surface area contributed by atoms with Crippen molar-refractivity contribution >= 4 is 67.8 Å². The zero-order valence-electron chi connectivity index (χ0n) is 4.94. The molecule has 0 bridgehead atoms. The van der Waals surface area contributed by atoms with Gasteiger partial charge < -0.3 is 0 Å². The molecule has 0 N–H and O–H groups in total. The monoisotopic (exact) mass is 469 g/mol. The van der Waals surface area contributed by atoms with Gasteiger partial charge in [-0.25, -0.2) is 0 Å². The van der Waals surface area contributed by atoms with Crippen molar-refractivity contribution in [2.24, 2.45) is 0 Å². The second kappa shape index (κ2) is 3.88. The van der Waals surface area contributed by atoms with E-state index in [0.717, 1.165) is 0 Å². The zero-order chi connectivity index (χ0) is 7.61. The maximum absolute atomic E-state index is 2.99. The lowest BCUT2D eigenvalue weighted by Gasteiger charge is -2.11. The van der Waals surface area contributed by atoms with E-state index < -0.39 is 0 Å². The number of alkyl halides is 3. The van der Waals surface area contributed by atoms with Gasteiger partial charge in [-0.2, -0.15) is 0 Å². The van der Waals surface area contributed by atoms with Gasteiger partial charge in [0.15, 0.2) is 0 Å². The van der Waals surface area contributed by atoms with Crippen LogP contribution in [0, 0.1) is 6.07 Å². The summed E-state index contributed by atoms with van der Waals surface area (Å²) in [6.45, 7) is 0. The molecule has 53 valence electrons. The van der Waals surface area contributed by atoms with E-state index in [4.69, 9.17) is 0 Å². The summed E-state index contributed by atoms with van der Waals surface area (Å²) in [4.78, 5) is 0. The molecule has 0 aliphatic carbocycles.